The van der Waals surface area contributed by atoms with Crippen LogP contribution in [0.3, 0.4) is 0 Å². The Balaban J connectivity index is 2.64. The van der Waals surface area contributed by atoms with Crippen LogP contribution in [-0.4, -0.2) is 17.5 Å². The molecule has 0 saturated heterocycles. The van der Waals surface area contributed by atoms with Gasteiger partial charge in [0.15, 0.2) is 0 Å². The smallest absolute Gasteiger partial charge is 0.0595 e. The first-order valence-electron chi connectivity index (χ1n) is 5.59. The van der Waals surface area contributed by atoms with E-state index in [4.69, 9.17) is 23.2 Å². The molecule has 1 rings (SSSR count). The van der Waals surface area contributed by atoms with Gasteiger partial charge in [-0.2, -0.15) is 11.8 Å². The first-order valence-corrected chi connectivity index (χ1v) is 7.57. The fourth-order valence-electron chi connectivity index (χ4n) is 1.37. The first kappa shape index (κ1) is 15.2. The highest BCUT2D eigenvalue weighted by molar-refractivity contribution is 7.99. The van der Waals surface area contributed by atoms with Crippen LogP contribution in [0.1, 0.15) is 32.4 Å². The van der Waals surface area contributed by atoms with E-state index in [1.165, 1.54) is 0 Å². The van der Waals surface area contributed by atoms with Crippen molar-refractivity contribution in [3.63, 3.8) is 0 Å². The summed E-state index contributed by atoms with van der Waals surface area (Å²) in [6.45, 7) is 7.55. The molecule has 0 fully saturated rings. The number of rotatable bonds is 5. The minimum atomic E-state index is 0.241. The molecule has 1 unspecified atom stereocenters. The van der Waals surface area contributed by atoms with Gasteiger partial charge in [-0.1, -0.05) is 29.3 Å². The highest BCUT2D eigenvalue weighted by Crippen LogP contribution is 2.26. The van der Waals surface area contributed by atoms with Crippen molar-refractivity contribution < 1.29 is 0 Å². The largest absolute Gasteiger partial charge is 0.309 e. The molecule has 96 valence electrons. The number of hydrogen-bond acceptors (Lipinski definition) is 2. The average molecular weight is 292 g/mol. The molecule has 0 aliphatic heterocycles. The second kappa shape index (κ2) is 6.33. The average Bonchev–Trinajstić information content (AvgIpc) is 2.30. The highest BCUT2D eigenvalue weighted by atomic mass is 35.5. The van der Waals surface area contributed by atoms with Crippen molar-refractivity contribution >= 4 is 35.0 Å². The quantitative estimate of drug-likeness (QED) is 0.837. The molecular formula is C13H19Cl2NS. The number of thioether (sulfide) groups is 1. The number of halogens is 2. The second-order valence-electron chi connectivity index (χ2n) is 4.74. The van der Waals surface area contributed by atoms with Gasteiger partial charge in [0.25, 0.3) is 0 Å². The minimum Gasteiger partial charge on any atom is -0.309 e. The van der Waals surface area contributed by atoms with Crippen LogP contribution in [0.2, 0.25) is 10.0 Å². The molecule has 17 heavy (non-hydrogen) atoms. The van der Waals surface area contributed by atoms with Gasteiger partial charge in [0.1, 0.15) is 0 Å². The summed E-state index contributed by atoms with van der Waals surface area (Å²) in [5.41, 5.74) is 1.16. The molecule has 0 aliphatic carbocycles. The maximum absolute atomic E-state index is 6.01. The Morgan fingerprint density at radius 3 is 2.47 bits per heavy atom. The van der Waals surface area contributed by atoms with Crippen molar-refractivity contribution in [2.24, 2.45) is 0 Å². The van der Waals surface area contributed by atoms with Crippen molar-refractivity contribution in [1.29, 1.82) is 0 Å². The van der Waals surface area contributed by atoms with E-state index in [2.05, 4.69) is 32.3 Å². The molecular weight excluding hydrogens is 273 g/mol. The molecule has 0 heterocycles. The lowest BCUT2D eigenvalue weighted by molar-refractivity contribution is 0.522. The Hall–Kier alpha value is 0.110. The van der Waals surface area contributed by atoms with Gasteiger partial charge in [0.05, 0.1) is 10.0 Å². The molecule has 0 saturated carbocycles. The molecule has 4 heteroatoms. The third-order valence-electron chi connectivity index (χ3n) is 2.83. The van der Waals surface area contributed by atoms with Crippen LogP contribution >= 0.6 is 35.0 Å². The van der Waals surface area contributed by atoms with Crippen molar-refractivity contribution in [3.05, 3.63) is 33.8 Å². The second-order valence-corrected chi connectivity index (χ2v) is 7.07. The van der Waals surface area contributed by atoms with Crippen molar-refractivity contribution in [2.75, 3.05) is 12.8 Å². The topological polar surface area (TPSA) is 12.0 Å². The summed E-state index contributed by atoms with van der Waals surface area (Å²) in [5.74, 6) is 0. The fourth-order valence-corrected chi connectivity index (χ4v) is 1.90. The van der Waals surface area contributed by atoms with E-state index >= 15 is 0 Å². The van der Waals surface area contributed by atoms with Crippen molar-refractivity contribution in [2.45, 2.75) is 31.6 Å². The lowest BCUT2D eigenvalue weighted by Crippen LogP contribution is -2.33. The van der Waals surface area contributed by atoms with Gasteiger partial charge < -0.3 is 5.32 Å². The van der Waals surface area contributed by atoms with Crippen molar-refractivity contribution in [3.8, 4) is 0 Å². The summed E-state index contributed by atoms with van der Waals surface area (Å²) in [5, 5.41) is 4.73. The molecule has 0 spiro atoms. The highest BCUT2D eigenvalue weighted by Gasteiger charge is 2.17. The van der Waals surface area contributed by atoms with E-state index in [0.717, 1.165) is 12.1 Å². The maximum Gasteiger partial charge on any atom is 0.0595 e. The van der Waals surface area contributed by atoms with Crippen LogP contribution in [0, 0.1) is 0 Å². The molecule has 0 aromatic heterocycles. The zero-order valence-electron chi connectivity index (χ0n) is 10.7. The lowest BCUT2D eigenvalue weighted by atomic mass is 10.1. The SMILES string of the molecule is CSC(C)(C)CNC(C)c1ccc(Cl)c(Cl)c1. The number of benzene rings is 1. The Bertz CT molecular complexity index is 380. The molecule has 0 amide bonds. The Morgan fingerprint density at radius 2 is 1.94 bits per heavy atom. The first-order chi connectivity index (χ1) is 7.85. The molecule has 0 aliphatic rings. The molecule has 1 N–H and O–H groups in total. The third kappa shape index (κ3) is 4.70. The Kier molecular flexibility index (Phi) is 5.65. The van der Waals surface area contributed by atoms with Gasteiger partial charge in [0.2, 0.25) is 0 Å². The van der Waals surface area contributed by atoms with Crippen LogP contribution in [0.15, 0.2) is 18.2 Å². The van der Waals surface area contributed by atoms with E-state index in [1.807, 2.05) is 30.0 Å². The van der Waals surface area contributed by atoms with E-state index in [1.54, 1.807) is 0 Å². The Morgan fingerprint density at radius 1 is 1.29 bits per heavy atom. The van der Waals surface area contributed by atoms with Crippen LogP contribution in [0.25, 0.3) is 0 Å². The summed E-state index contributed by atoms with van der Waals surface area (Å²) >= 11 is 13.8. The van der Waals surface area contributed by atoms with Crippen molar-refractivity contribution in [1.82, 2.24) is 5.32 Å². The van der Waals surface area contributed by atoms with E-state index in [0.29, 0.717) is 10.0 Å². The zero-order chi connectivity index (χ0) is 13.1. The van der Waals surface area contributed by atoms with Crippen LogP contribution in [-0.2, 0) is 0 Å². The summed E-state index contributed by atoms with van der Waals surface area (Å²) in [7, 11) is 0. The van der Waals surface area contributed by atoms with E-state index < -0.39 is 0 Å². The standard InChI is InChI=1S/C13H19Cl2NS/c1-9(16-8-13(2,3)17-4)10-5-6-11(14)12(15)7-10/h5-7,9,16H,8H2,1-4H3. The zero-order valence-corrected chi connectivity index (χ0v) is 13.0. The molecule has 1 aromatic carbocycles. The fraction of sp³-hybridized carbons (Fsp3) is 0.538. The van der Waals surface area contributed by atoms with Crippen LogP contribution < -0.4 is 5.32 Å². The summed E-state index contributed by atoms with van der Waals surface area (Å²) in [6, 6.07) is 6.05. The molecule has 1 atom stereocenters. The van der Waals surface area contributed by atoms with E-state index in [9.17, 15) is 0 Å². The van der Waals surface area contributed by atoms with Gasteiger partial charge in [-0.15, -0.1) is 0 Å². The van der Waals surface area contributed by atoms with Gasteiger partial charge in [-0.25, -0.2) is 0 Å². The third-order valence-corrected chi connectivity index (χ3v) is 4.82. The summed E-state index contributed by atoms with van der Waals surface area (Å²) in [6.07, 6.45) is 2.13. The minimum absolute atomic E-state index is 0.241. The normalized spacial score (nSPS) is 13.8. The number of nitrogens with one attached hydrogen (secondary N) is 1. The molecule has 1 nitrogen and oxygen atoms in total. The predicted molar refractivity (Wildman–Crippen MR) is 80.5 cm³/mol. The molecule has 0 radical (unpaired) electrons. The molecule has 0 bridgehead atoms. The number of hydrogen-bond donors (Lipinski definition) is 1. The van der Waals surface area contributed by atoms with Gasteiger partial charge in [-0.05, 0) is 44.7 Å². The van der Waals surface area contributed by atoms with Crippen LogP contribution in [0.5, 0.6) is 0 Å². The maximum atomic E-state index is 6.01. The summed E-state index contributed by atoms with van der Waals surface area (Å²) in [4.78, 5) is 0. The van der Waals surface area contributed by atoms with Gasteiger partial charge >= 0.3 is 0 Å². The predicted octanol–water partition coefficient (Wildman–Crippen LogP) is 4.79. The van der Waals surface area contributed by atoms with Gasteiger partial charge in [0, 0.05) is 17.3 Å². The van der Waals surface area contributed by atoms with E-state index in [-0.39, 0.29) is 10.8 Å². The monoisotopic (exact) mass is 291 g/mol. The lowest BCUT2D eigenvalue weighted by Gasteiger charge is -2.25. The summed E-state index contributed by atoms with van der Waals surface area (Å²) < 4.78 is 0.241. The van der Waals surface area contributed by atoms with Gasteiger partial charge in [-0.3, -0.25) is 0 Å². The Labute approximate surface area is 118 Å². The van der Waals surface area contributed by atoms with Crippen LogP contribution in [0.4, 0.5) is 0 Å². The molecule has 1 aromatic rings.